The number of hydrogen-bond donors (Lipinski definition) is 6. The highest BCUT2D eigenvalue weighted by molar-refractivity contribution is 7.93. The monoisotopic (exact) mass is 1500 g/mol. The van der Waals surface area contributed by atoms with Crippen LogP contribution in [0.15, 0.2) is 24.0 Å². The van der Waals surface area contributed by atoms with Crippen molar-refractivity contribution in [2.45, 2.75) is 250 Å². The summed E-state index contributed by atoms with van der Waals surface area (Å²) in [4.78, 5) is 84.7. The van der Waals surface area contributed by atoms with Gasteiger partial charge < -0.3 is 31.9 Å². The van der Waals surface area contributed by atoms with E-state index in [9.17, 15) is 72.0 Å². The molecule has 6 N–H and O–H groups in total. The van der Waals surface area contributed by atoms with Crippen LogP contribution in [0.25, 0.3) is 0 Å². The third-order valence-corrected chi connectivity index (χ3v) is 13.2. The zero-order chi connectivity index (χ0) is 78.3. The van der Waals surface area contributed by atoms with Gasteiger partial charge in [-0.15, -0.1) is 0 Å². The van der Waals surface area contributed by atoms with Crippen LogP contribution in [-0.2, 0) is 72.9 Å². The van der Waals surface area contributed by atoms with Crippen molar-refractivity contribution in [1.29, 1.82) is 0 Å². The highest BCUT2D eigenvalue weighted by atomic mass is 32.2. The van der Waals surface area contributed by atoms with E-state index in [0.717, 1.165) is 69.0 Å². The van der Waals surface area contributed by atoms with Crippen LogP contribution in [0.1, 0.15) is 250 Å². The number of rotatable bonds is 24. The number of Topliss-reactive ketones (excluding diaryl/α,β-unsaturated/α-hetero) is 3. The summed E-state index contributed by atoms with van der Waals surface area (Å²) in [5, 5.41) is 18.5. The van der Waals surface area contributed by atoms with E-state index in [4.69, 9.17) is 0 Å². The molecule has 0 rings (SSSR count). The number of urea groups is 1. The smallest absolute Gasteiger partial charge is 0.314 e. The lowest BCUT2D eigenvalue weighted by atomic mass is 9.99. The van der Waals surface area contributed by atoms with Crippen molar-refractivity contribution in [2.75, 3.05) is 75.8 Å². The van der Waals surface area contributed by atoms with Crippen LogP contribution in [-0.4, -0.2) is 156 Å². The van der Waals surface area contributed by atoms with Gasteiger partial charge in [0.05, 0.1) is 0 Å². The summed E-state index contributed by atoms with van der Waals surface area (Å²) in [6.45, 7) is 68.6. The molecule has 0 atom stereocenters. The van der Waals surface area contributed by atoms with E-state index in [1.165, 1.54) is 26.4 Å². The van der Waals surface area contributed by atoms with Gasteiger partial charge in [0.2, 0.25) is 23.6 Å². The Morgan fingerprint density at radius 1 is 0.327 bits per heavy atom. The molecule has 0 aromatic rings. The van der Waals surface area contributed by atoms with Gasteiger partial charge in [0, 0.05) is 137 Å². The second-order valence-corrected chi connectivity index (χ2v) is 35.6. The zero-order valence-corrected chi connectivity index (χ0v) is 69.0. The first-order chi connectivity index (χ1) is 41.9. The van der Waals surface area contributed by atoms with Crippen molar-refractivity contribution in [2.24, 2.45) is 71.0 Å². The molecule has 0 aliphatic carbocycles. The fraction of sp³-hybridized carbons (Fsp3) is 0.833. The maximum Gasteiger partial charge on any atom is 0.314 e. The molecule has 0 spiro atoms. The average molecular weight is 1500 g/mol. The molecule has 0 fully saturated rings. The molecule has 98 heavy (non-hydrogen) atoms. The maximum absolute atomic E-state index is 11.0. The van der Waals surface area contributed by atoms with E-state index >= 15 is 0 Å². The fourth-order valence-corrected chi connectivity index (χ4v) is 3.26. The second kappa shape index (κ2) is 81.4. The molecule has 22 nitrogen and oxygen atoms in total. The number of hydrogen-bond acceptors (Lipinski definition) is 16. The molecule has 0 bridgehead atoms. The van der Waals surface area contributed by atoms with Gasteiger partial charge in [-0.1, -0.05) is 223 Å². The lowest BCUT2D eigenvalue weighted by molar-refractivity contribution is -0.124. The zero-order valence-electron chi connectivity index (χ0n) is 65.7. The molecule has 6 amide bonds. The van der Waals surface area contributed by atoms with Crippen LogP contribution < -0.4 is 31.9 Å². The molecular weight excluding hydrogens is 1330 g/mol. The number of nitrogens with one attached hydrogen (secondary N) is 6. The molecule has 0 aromatic carbocycles. The minimum atomic E-state index is -2.90. The Morgan fingerprint density at radius 3 is 0.643 bits per heavy atom. The summed E-state index contributed by atoms with van der Waals surface area (Å²) in [6.07, 6.45) is 6.00. The summed E-state index contributed by atoms with van der Waals surface area (Å²) in [7, 11) is -11.1. The first kappa shape index (κ1) is 133. The standard InChI is InChI=1S/C9H20N2O.C9H19NO.C8H17NO.C8H16O.2C6H13NO.2C5H10O.2C3H8O2S.2C3H6O2S.4CH4/c1-7(2)5-10-9(12)11-6-8(3)4;1-7(2)5-9(11)10-6-8(3)4;1-6(2)5-9-8(10)7(3)4;1-6(2)5-8(9)7(3)4;2*1-5(2)4-7-6(3)8;2*1-4(2)5(3)6;4*1-3-6(2,4)5;;;;/h7-8H,5-6H2,1-4H3,(H2,10,11,12);7-8H,5-6H2,1-4H3,(H,10,11);6-7H,5H2,1-4H3,(H,9,10);6-7H,5H2,1-4H3;2*5H,4H2,1-3H3,(H,7,8);2*4H,1-3H3;2*3H2,1-2H3;2*3H,1H2,2H3;4*1H4. The average Bonchev–Trinajstić information content (AvgIpc) is 3.58. The van der Waals surface area contributed by atoms with Crippen LogP contribution >= 0.6 is 0 Å². The molecule has 0 radical (unpaired) electrons. The van der Waals surface area contributed by atoms with E-state index in [2.05, 4.69) is 156 Å². The fourth-order valence-electron chi connectivity index (χ4n) is 3.26. The predicted octanol–water partition coefficient (Wildman–Crippen LogP) is 14.1. The van der Waals surface area contributed by atoms with Crippen LogP contribution in [0, 0.1) is 71.0 Å². The number of amides is 6. The first-order valence-corrected chi connectivity index (χ1v) is 40.5. The Labute approximate surface area is 607 Å². The van der Waals surface area contributed by atoms with Gasteiger partial charge in [-0.2, -0.15) is 0 Å². The van der Waals surface area contributed by atoms with Gasteiger partial charge in [0.1, 0.15) is 37.0 Å². The van der Waals surface area contributed by atoms with Gasteiger partial charge in [-0.3, -0.25) is 33.6 Å². The van der Waals surface area contributed by atoms with Crippen molar-refractivity contribution >= 4 is 86.4 Å². The van der Waals surface area contributed by atoms with Crippen molar-refractivity contribution in [3.8, 4) is 0 Å². The van der Waals surface area contributed by atoms with Gasteiger partial charge in [-0.05, 0) is 61.2 Å². The van der Waals surface area contributed by atoms with E-state index in [-0.39, 0.29) is 106 Å². The van der Waals surface area contributed by atoms with Crippen LogP contribution in [0.4, 0.5) is 4.79 Å². The van der Waals surface area contributed by atoms with E-state index in [0.29, 0.717) is 59.5 Å². The maximum atomic E-state index is 11.0. The molecule has 0 saturated heterocycles. The summed E-state index contributed by atoms with van der Waals surface area (Å²) in [5.74, 6) is 6.76. The third kappa shape index (κ3) is 198. The number of ketones is 3. The molecule has 0 heterocycles. The molecule has 0 unspecified atom stereocenters. The Hall–Kier alpha value is -4.56. The molecule has 0 aliphatic rings. The SMILES string of the molecule is C.C.C.C.C=CS(C)(=O)=O.C=CS(C)(=O)=O.CC(=O)C(C)C.CC(=O)C(C)C.CC(=O)NCC(C)C.CC(=O)NCC(C)C.CC(C)CC(=O)C(C)C.CC(C)CNC(=O)C(C)C.CC(C)CNC(=O)CC(C)C.CC(C)CNC(=O)NCC(C)C.CCS(C)(=O)=O.CCS(C)(=O)=O. The topological polar surface area (TPSA) is 345 Å². The number of sulfone groups is 4. The van der Waals surface area contributed by atoms with Crippen molar-refractivity contribution in [3.63, 3.8) is 0 Å². The Bertz CT molecular complexity index is 2260. The lowest BCUT2D eigenvalue weighted by Crippen LogP contribution is -2.39. The summed E-state index contributed by atoms with van der Waals surface area (Å²) < 4.78 is 79.5. The molecule has 0 aliphatic heterocycles. The van der Waals surface area contributed by atoms with Gasteiger partial charge in [0.25, 0.3) is 0 Å². The minimum absolute atomic E-state index is 0. The van der Waals surface area contributed by atoms with Gasteiger partial charge in [0.15, 0.2) is 19.7 Å². The van der Waals surface area contributed by atoms with E-state index in [1.54, 1.807) is 27.7 Å². The minimum Gasteiger partial charge on any atom is -0.356 e. The second-order valence-electron chi connectivity index (χ2n) is 26.8. The molecule has 600 valence electrons. The third-order valence-electron chi connectivity index (χ3n) is 9.90. The normalized spacial score (nSPS) is 10.0. The Balaban J connectivity index is -0.0000000537. The number of carbonyl (C=O) groups is 8. The molecular formula is C72H162N6O16S4. The highest BCUT2D eigenvalue weighted by Crippen LogP contribution is 2.06. The van der Waals surface area contributed by atoms with E-state index < -0.39 is 39.3 Å². The van der Waals surface area contributed by atoms with Crippen LogP contribution in [0.5, 0.6) is 0 Å². The Kier molecular flexibility index (Phi) is 111. The first-order valence-electron chi connectivity index (χ1n) is 32.5. The molecule has 0 aromatic heterocycles. The van der Waals surface area contributed by atoms with Crippen LogP contribution in [0.2, 0.25) is 0 Å². The van der Waals surface area contributed by atoms with Crippen molar-refractivity contribution in [1.82, 2.24) is 31.9 Å². The summed E-state index contributed by atoms with van der Waals surface area (Å²) in [6, 6.07) is -0.0580. The predicted molar refractivity (Wildman–Crippen MR) is 426 cm³/mol. The Morgan fingerprint density at radius 2 is 0.520 bits per heavy atom. The summed E-state index contributed by atoms with van der Waals surface area (Å²) in [5.41, 5.74) is 0. The highest BCUT2D eigenvalue weighted by Gasteiger charge is 2.09. The lowest BCUT2D eigenvalue weighted by Gasteiger charge is -2.10. The quantitative estimate of drug-likeness (QED) is 0.0523. The number of carbonyl (C=O) groups excluding carboxylic acids is 8. The summed E-state index contributed by atoms with van der Waals surface area (Å²) >= 11 is 0. The molecule has 0 saturated carbocycles. The van der Waals surface area contributed by atoms with Crippen LogP contribution in [0.3, 0.4) is 0 Å². The van der Waals surface area contributed by atoms with Crippen molar-refractivity contribution < 1.29 is 72.0 Å². The van der Waals surface area contributed by atoms with Gasteiger partial charge in [-0.25, -0.2) is 38.5 Å². The van der Waals surface area contributed by atoms with E-state index in [1.807, 2.05) is 55.4 Å². The largest absolute Gasteiger partial charge is 0.356 e. The van der Waals surface area contributed by atoms with Crippen molar-refractivity contribution in [3.05, 3.63) is 24.0 Å². The molecule has 26 heteroatoms. The van der Waals surface area contributed by atoms with Gasteiger partial charge >= 0.3 is 6.03 Å².